The number of methoxy groups -OCH3 is 1. The van der Waals surface area contributed by atoms with Crippen molar-refractivity contribution in [3.63, 3.8) is 0 Å². The number of anilines is 2. The summed E-state index contributed by atoms with van der Waals surface area (Å²) in [7, 11) is 1.77. The van der Waals surface area contributed by atoms with Crippen molar-refractivity contribution in [1.82, 2.24) is 20.0 Å². The van der Waals surface area contributed by atoms with Crippen molar-refractivity contribution in [2.24, 2.45) is 17.2 Å². The number of ether oxygens (including phenoxy) is 1. The molecule has 3 aliphatic heterocycles. The fourth-order valence-corrected chi connectivity index (χ4v) is 9.09. The van der Waals surface area contributed by atoms with Crippen LogP contribution in [0, 0.1) is 0 Å². The minimum Gasteiger partial charge on any atom is -0.507 e. The summed E-state index contributed by atoms with van der Waals surface area (Å²) in [4.78, 5) is 31.7. The van der Waals surface area contributed by atoms with Gasteiger partial charge < -0.3 is 36.8 Å². The molecule has 13 nitrogen and oxygen atoms in total. The van der Waals surface area contributed by atoms with Crippen LogP contribution in [-0.4, -0.2) is 89.1 Å². The summed E-state index contributed by atoms with van der Waals surface area (Å²) in [5.41, 5.74) is 24.7. The number of hydrogen-bond donors (Lipinski definition) is 5. The zero-order valence-electron chi connectivity index (χ0n) is 30.1. The number of nitrogens with one attached hydrogen (secondary N) is 1. The van der Waals surface area contributed by atoms with Gasteiger partial charge in [0.25, 0.3) is 0 Å². The summed E-state index contributed by atoms with van der Waals surface area (Å²) in [5, 5.41) is 17.4. The maximum Gasteiger partial charge on any atom is 0.249 e. The number of amides is 2. The third kappa shape index (κ3) is 6.94. The van der Waals surface area contributed by atoms with E-state index in [-0.39, 0.29) is 41.5 Å². The molecule has 7 rings (SSSR count). The van der Waals surface area contributed by atoms with E-state index in [1.165, 1.54) is 11.1 Å². The van der Waals surface area contributed by atoms with Crippen molar-refractivity contribution in [1.29, 1.82) is 0 Å². The Labute approximate surface area is 305 Å². The minimum absolute atomic E-state index is 0.0613. The van der Waals surface area contributed by atoms with Gasteiger partial charge in [0.15, 0.2) is 0 Å². The Morgan fingerprint density at radius 3 is 2.54 bits per heavy atom. The SMILES string of the molecule is COCC1CN(c2cnn(C(/C=C(\N)c3ccccc3O)=C(N)N)c2)CC(C)N1C1CCC(c2cccc3c2CCN3C2CCC(=O)NC2=O)CC1. The van der Waals surface area contributed by atoms with E-state index in [4.69, 9.17) is 21.9 Å². The van der Waals surface area contributed by atoms with Gasteiger partial charge in [0.05, 0.1) is 30.7 Å². The predicted molar refractivity (Wildman–Crippen MR) is 202 cm³/mol. The molecule has 276 valence electrons. The van der Waals surface area contributed by atoms with E-state index in [0.29, 0.717) is 48.4 Å². The topological polar surface area (TPSA) is 181 Å². The number of rotatable bonds is 9. The first kappa shape index (κ1) is 35.4. The number of phenols is 1. The smallest absolute Gasteiger partial charge is 0.249 e. The number of carbonyl (C=O) groups is 2. The Hall–Kier alpha value is -5.01. The van der Waals surface area contributed by atoms with E-state index in [1.54, 1.807) is 42.1 Å². The van der Waals surface area contributed by atoms with Gasteiger partial charge in [0.2, 0.25) is 11.8 Å². The van der Waals surface area contributed by atoms with Crippen molar-refractivity contribution in [2.75, 3.05) is 43.2 Å². The largest absolute Gasteiger partial charge is 0.507 e. The molecule has 13 heteroatoms. The summed E-state index contributed by atoms with van der Waals surface area (Å²) >= 11 is 0. The average Bonchev–Trinajstić information content (AvgIpc) is 3.79. The molecular formula is C39H51N9O4. The molecule has 2 saturated heterocycles. The van der Waals surface area contributed by atoms with E-state index >= 15 is 0 Å². The maximum absolute atomic E-state index is 12.7. The minimum atomic E-state index is -0.278. The summed E-state index contributed by atoms with van der Waals surface area (Å²) in [5.74, 6) is 0.271. The second-order valence-corrected chi connectivity index (χ2v) is 14.7. The Morgan fingerprint density at radius 1 is 1.02 bits per heavy atom. The van der Waals surface area contributed by atoms with Crippen LogP contribution in [-0.2, 0) is 20.7 Å². The lowest BCUT2D eigenvalue weighted by molar-refractivity contribution is -0.134. The van der Waals surface area contributed by atoms with E-state index < -0.39 is 0 Å². The van der Waals surface area contributed by atoms with Crippen molar-refractivity contribution in [3.05, 3.63) is 83.4 Å². The lowest BCUT2D eigenvalue weighted by Crippen LogP contribution is -2.62. The van der Waals surface area contributed by atoms with Gasteiger partial charge in [-0.3, -0.25) is 19.8 Å². The highest BCUT2D eigenvalue weighted by Gasteiger charge is 2.40. The molecule has 2 amide bonds. The average molecular weight is 710 g/mol. The molecule has 0 bridgehead atoms. The molecule has 1 aliphatic carbocycles. The van der Waals surface area contributed by atoms with Crippen LogP contribution in [0.4, 0.5) is 11.4 Å². The first-order chi connectivity index (χ1) is 25.1. The molecular weight excluding hydrogens is 658 g/mol. The Balaban J connectivity index is 1.02. The fourth-order valence-electron chi connectivity index (χ4n) is 9.09. The van der Waals surface area contributed by atoms with Crippen molar-refractivity contribution >= 4 is 34.6 Å². The summed E-state index contributed by atoms with van der Waals surface area (Å²) in [6.07, 6.45) is 11.7. The molecule has 1 saturated carbocycles. The van der Waals surface area contributed by atoms with Crippen LogP contribution in [0.25, 0.3) is 11.4 Å². The number of aromatic nitrogens is 2. The Kier molecular flexibility index (Phi) is 10.2. The highest BCUT2D eigenvalue weighted by atomic mass is 16.5. The normalized spacial score (nSPS) is 25.6. The molecule has 8 N–H and O–H groups in total. The Morgan fingerprint density at radius 2 is 1.81 bits per heavy atom. The van der Waals surface area contributed by atoms with E-state index in [2.05, 4.69) is 50.2 Å². The number of nitrogens with two attached hydrogens (primary N) is 3. The van der Waals surface area contributed by atoms with Crippen LogP contribution >= 0.6 is 0 Å². The number of piperazine rings is 1. The molecule has 0 spiro atoms. The molecule has 1 aromatic heterocycles. The highest BCUT2D eigenvalue weighted by Crippen LogP contribution is 2.43. The number of piperidine rings is 1. The monoisotopic (exact) mass is 709 g/mol. The fraction of sp³-hybridized carbons (Fsp3) is 0.462. The van der Waals surface area contributed by atoms with Crippen LogP contribution < -0.4 is 32.3 Å². The second kappa shape index (κ2) is 14.9. The zero-order chi connectivity index (χ0) is 36.5. The molecule has 52 heavy (non-hydrogen) atoms. The summed E-state index contributed by atoms with van der Waals surface area (Å²) in [6.45, 7) is 5.37. The third-order valence-electron chi connectivity index (χ3n) is 11.4. The number of carbonyl (C=O) groups excluding carboxylic acids is 2. The quantitative estimate of drug-likeness (QED) is 0.163. The van der Waals surface area contributed by atoms with E-state index in [1.807, 2.05) is 12.4 Å². The number of imide groups is 1. The molecule has 3 unspecified atom stereocenters. The molecule has 3 fully saturated rings. The molecule has 4 aliphatic rings. The van der Waals surface area contributed by atoms with Crippen LogP contribution in [0.5, 0.6) is 5.75 Å². The summed E-state index contributed by atoms with van der Waals surface area (Å²) < 4.78 is 7.43. The lowest BCUT2D eigenvalue weighted by Gasteiger charge is -2.51. The van der Waals surface area contributed by atoms with Crippen molar-refractivity contribution < 1.29 is 19.4 Å². The number of aromatic hydroxyl groups is 1. The van der Waals surface area contributed by atoms with Gasteiger partial charge in [-0.25, -0.2) is 4.68 Å². The highest BCUT2D eigenvalue weighted by molar-refractivity contribution is 6.02. The molecule has 3 aromatic rings. The number of benzene rings is 2. The maximum atomic E-state index is 12.7. The van der Waals surface area contributed by atoms with Gasteiger partial charge in [-0.05, 0) is 86.8 Å². The molecule has 4 heterocycles. The van der Waals surface area contributed by atoms with Gasteiger partial charge in [-0.1, -0.05) is 24.3 Å². The predicted octanol–water partition coefficient (Wildman–Crippen LogP) is 3.05. The number of para-hydroxylation sites is 1. The number of hydrogen-bond acceptors (Lipinski definition) is 11. The first-order valence-electron chi connectivity index (χ1n) is 18.4. The van der Waals surface area contributed by atoms with Gasteiger partial charge in [0.1, 0.15) is 23.3 Å². The van der Waals surface area contributed by atoms with E-state index in [0.717, 1.165) is 63.1 Å². The Bertz CT molecular complexity index is 1860. The number of fused-ring (bicyclic) bond motifs is 1. The van der Waals surface area contributed by atoms with Gasteiger partial charge in [0, 0.05) is 62.2 Å². The van der Waals surface area contributed by atoms with Gasteiger partial charge in [-0.2, -0.15) is 5.10 Å². The van der Waals surface area contributed by atoms with Crippen LogP contribution in [0.15, 0.2) is 66.8 Å². The lowest BCUT2D eigenvalue weighted by atomic mass is 9.78. The van der Waals surface area contributed by atoms with E-state index in [9.17, 15) is 14.7 Å². The molecule has 0 radical (unpaired) electrons. The zero-order valence-corrected chi connectivity index (χ0v) is 30.1. The molecule has 3 atom stereocenters. The van der Waals surface area contributed by atoms with Crippen LogP contribution in [0.3, 0.4) is 0 Å². The van der Waals surface area contributed by atoms with Crippen LogP contribution in [0.2, 0.25) is 0 Å². The third-order valence-corrected chi connectivity index (χ3v) is 11.4. The van der Waals surface area contributed by atoms with Crippen LogP contribution in [0.1, 0.15) is 68.1 Å². The second-order valence-electron chi connectivity index (χ2n) is 14.7. The van der Waals surface area contributed by atoms with Crippen molar-refractivity contribution in [3.8, 4) is 5.75 Å². The van der Waals surface area contributed by atoms with Gasteiger partial charge >= 0.3 is 0 Å². The standard InChI is InChI=1S/C39H51N9O4/c1-24-20-45(27-19-43-47(22-27)35(38(41)42)18-32(40)31-6-3-4-9-36(31)49)21-28(23-52-2)48(24)26-12-10-25(11-13-26)29-7-5-8-33-30(29)16-17-46(33)34-14-15-37(50)44-39(34)51/h3-9,18-19,22,24-26,28,34,49H,10-17,20-21,23,40-42H2,1-2H3,(H,44,50,51)/b32-18-. The number of phenolic OH excluding ortho intramolecular Hbond substituents is 1. The summed E-state index contributed by atoms with van der Waals surface area (Å²) in [6, 6.07) is 14.1. The number of nitrogens with zero attached hydrogens (tertiary/aromatic N) is 5. The van der Waals surface area contributed by atoms with Crippen molar-refractivity contribution in [2.45, 2.75) is 82.0 Å². The molecule has 2 aromatic carbocycles. The number of allylic oxidation sites excluding steroid dienone is 2. The first-order valence-corrected chi connectivity index (χ1v) is 18.4. The van der Waals surface area contributed by atoms with Gasteiger partial charge in [-0.15, -0.1) is 0 Å².